The first-order valence-corrected chi connectivity index (χ1v) is 5.40. The Morgan fingerprint density at radius 1 is 1.50 bits per heavy atom. The summed E-state index contributed by atoms with van der Waals surface area (Å²) in [5.41, 5.74) is 7.10. The lowest BCUT2D eigenvalue weighted by Gasteiger charge is -2.10. The molecule has 1 rings (SSSR count). The summed E-state index contributed by atoms with van der Waals surface area (Å²) in [7, 11) is 0. The van der Waals surface area contributed by atoms with E-state index in [0.717, 1.165) is 16.6 Å². The van der Waals surface area contributed by atoms with E-state index in [1.807, 2.05) is 18.3 Å². The molecular weight excluding hydrogens is 263 g/mol. The van der Waals surface area contributed by atoms with E-state index < -0.39 is 0 Å². The number of pyridine rings is 1. The van der Waals surface area contributed by atoms with Crippen molar-refractivity contribution < 1.29 is 0 Å². The van der Waals surface area contributed by atoms with E-state index in [0.29, 0.717) is 0 Å². The van der Waals surface area contributed by atoms with Crippen molar-refractivity contribution in [1.82, 2.24) is 4.98 Å². The van der Waals surface area contributed by atoms with Crippen LogP contribution in [0.4, 0.5) is 0 Å². The highest BCUT2D eigenvalue weighted by Crippen LogP contribution is 2.17. The third-order valence-electron chi connectivity index (χ3n) is 2.05. The van der Waals surface area contributed by atoms with Gasteiger partial charge in [-0.3, -0.25) is 0 Å². The second kappa shape index (κ2) is 7.21. The molecule has 1 aromatic rings. The zero-order chi connectivity index (χ0) is 9.68. The Morgan fingerprint density at radius 3 is 2.71 bits per heavy atom. The second-order valence-electron chi connectivity index (χ2n) is 3.16. The minimum Gasteiger partial charge on any atom is -0.324 e. The largest absolute Gasteiger partial charge is 0.324 e. The van der Waals surface area contributed by atoms with Crippen LogP contribution in [0.3, 0.4) is 0 Å². The summed E-state index contributed by atoms with van der Waals surface area (Å²) in [6.07, 6.45) is 5.25. The molecule has 1 atom stereocenters. The third kappa shape index (κ3) is 4.40. The molecule has 0 unspecified atom stereocenters. The van der Waals surface area contributed by atoms with Gasteiger partial charge in [0.05, 0.1) is 0 Å². The van der Waals surface area contributed by atoms with Crippen LogP contribution in [0.1, 0.15) is 37.8 Å². The molecule has 4 heteroatoms. The van der Waals surface area contributed by atoms with Crippen LogP contribution in [-0.4, -0.2) is 4.98 Å². The van der Waals surface area contributed by atoms with Crippen molar-refractivity contribution in [1.29, 1.82) is 0 Å². The Hall–Kier alpha value is -0.120. The van der Waals surface area contributed by atoms with Gasteiger partial charge in [0.1, 0.15) is 4.60 Å². The van der Waals surface area contributed by atoms with Crippen molar-refractivity contribution in [3.63, 3.8) is 0 Å². The molecule has 0 saturated heterocycles. The van der Waals surface area contributed by atoms with Crippen molar-refractivity contribution >= 4 is 28.3 Å². The highest BCUT2D eigenvalue weighted by molar-refractivity contribution is 9.10. The van der Waals surface area contributed by atoms with E-state index in [1.165, 1.54) is 12.8 Å². The Morgan fingerprint density at radius 2 is 2.21 bits per heavy atom. The summed E-state index contributed by atoms with van der Waals surface area (Å²) >= 11 is 3.30. The number of nitrogens with two attached hydrogens (primary N) is 1. The molecule has 80 valence electrons. The topological polar surface area (TPSA) is 38.9 Å². The smallest absolute Gasteiger partial charge is 0.106 e. The van der Waals surface area contributed by atoms with Crippen LogP contribution in [0.5, 0.6) is 0 Å². The zero-order valence-corrected chi connectivity index (χ0v) is 10.6. The van der Waals surface area contributed by atoms with Gasteiger partial charge in [0.25, 0.3) is 0 Å². The summed E-state index contributed by atoms with van der Waals surface area (Å²) in [4.78, 5) is 4.14. The van der Waals surface area contributed by atoms with E-state index >= 15 is 0 Å². The second-order valence-corrected chi connectivity index (χ2v) is 3.98. The lowest BCUT2D eigenvalue weighted by molar-refractivity contribution is 0.601. The summed E-state index contributed by atoms with van der Waals surface area (Å²) in [6, 6.07) is 4.10. The van der Waals surface area contributed by atoms with Crippen molar-refractivity contribution in [2.45, 2.75) is 32.2 Å². The van der Waals surface area contributed by atoms with Crippen LogP contribution in [0.25, 0.3) is 0 Å². The lowest BCUT2D eigenvalue weighted by atomic mass is 10.0. The molecule has 0 fully saturated rings. The van der Waals surface area contributed by atoms with Gasteiger partial charge in [-0.15, -0.1) is 12.4 Å². The highest BCUT2D eigenvalue weighted by atomic mass is 79.9. The molecule has 0 radical (unpaired) electrons. The molecular formula is C10H16BrClN2. The average Bonchev–Trinajstić information content (AvgIpc) is 2.15. The van der Waals surface area contributed by atoms with E-state index in [-0.39, 0.29) is 18.4 Å². The van der Waals surface area contributed by atoms with Gasteiger partial charge < -0.3 is 5.73 Å². The van der Waals surface area contributed by atoms with Crippen LogP contribution < -0.4 is 5.73 Å². The van der Waals surface area contributed by atoms with Crippen LogP contribution in [0.2, 0.25) is 0 Å². The highest BCUT2D eigenvalue weighted by Gasteiger charge is 2.04. The van der Waals surface area contributed by atoms with Gasteiger partial charge in [-0.25, -0.2) is 4.98 Å². The van der Waals surface area contributed by atoms with E-state index in [2.05, 4.69) is 27.8 Å². The number of rotatable bonds is 4. The number of hydrogen-bond acceptors (Lipinski definition) is 2. The predicted molar refractivity (Wildman–Crippen MR) is 65.6 cm³/mol. The quantitative estimate of drug-likeness (QED) is 0.857. The van der Waals surface area contributed by atoms with Gasteiger partial charge in [-0.1, -0.05) is 25.8 Å². The average molecular weight is 280 g/mol. The van der Waals surface area contributed by atoms with Crippen molar-refractivity contribution in [3.8, 4) is 0 Å². The summed E-state index contributed by atoms with van der Waals surface area (Å²) in [5.74, 6) is 0. The van der Waals surface area contributed by atoms with E-state index in [1.54, 1.807) is 0 Å². The molecule has 0 aromatic carbocycles. The monoisotopic (exact) mass is 278 g/mol. The summed E-state index contributed by atoms with van der Waals surface area (Å²) in [6.45, 7) is 2.17. The van der Waals surface area contributed by atoms with Gasteiger partial charge >= 0.3 is 0 Å². The van der Waals surface area contributed by atoms with Gasteiger partial charge in [0.2, 0.25) is 0 Å². The number of aromatic nitrogens is 1. The van der Waals surface area contributed by atoms with Crippen molar-refractivity contribution in [3.05, 3.63) is 28.5 Å². The standard InChI is InChI=1S/C10H15BrN2.ClH/c1-2-3-4-9(12)8-5-6-10(11)13-7-8;/h5-7,9H,2-4,12H2,1H3;1H/t9-;/m1./s1. The van der Waals surface area contributed by atoms with Gasteiger partial charge in [0.15, 0.2) is 0 Å². The predicted octanol–water partition coefficient (Wildman–Crippen LogP) is 3.46. The molecule has 0 aliphatic heterocycles. The van der Waals surface area contributed by atoms with E-state index in [4.69, 9.17) is 5.73 Å². The van der Waals surface area contributed by atoms with Crippen LogP contribution >= 0.6 is 28.3 Å². The van der Waals surface area contributed by atoms with Crippen LogP contribution in [0, 0.1) is 0 Å². The first kappa shape index (κ1) is 13.9. The van der Waals surface area contributed by atoms with Crippen LogP contribution in [-0.2, 0) is 0 Å². The molecule has 2 N–H and O–H groups in total. The Labute approximate surface area is 99.8 Å². The normalized spacial score (nSPS) is 11.9. The third-order valence-corrected chi connectivity index (χ3v) is 2.52. The Balaban J connectivity index is 0.00000169. The molecule has 0 saturated carbocycles. The maximum Gasteiger partial charge on any atom is 0.106 e. The molecule has 1 heterocycles. The molecule has 1 aromatic heterocycles. The molecule has 0 aliphatic rings. The minimum atomic E-state index is 0. The molecule has 2 nitrogen and oxygen atoms in total. The fraction of sp³-hybridized carbons (Fsp3) is 0.500. The Kier molecular flexibility index (Phi) is 7.15. The first-order valence-electron chi connectivity index (χ1n) is 4.61. The van der Waals surface area contributed by atoms with Gasteiger partial charge in [-0.2, -0.15) is 0 Å². The maximum absolute atomic E-state index is 5.98. The lowest BCUT2D eigenvalue weighted by Crippen LogP contribution is -2.10. The minimum absolute atomic E-state index is 0. The van der Waals surface area contributed by atoms with E-state index in [9.17, 15) is 0 Å². The molecule has 0 amide bonds. The first-order chi connectivity index (χ1) is 6.24. The molecule has 0 aliphatic carbocycles. The fourth-order valence-electron chi connectivity index (χ4n) is 1.20. The SMILES string of the molecule is CCCC[C@@H](N)c1ccc(Br)nc1.Cl. The summed E-state index contributed by atoms with van der Waals surface area (Å²) in [5, 5.41) is 0. The van der Waals surface area contributed by atoms with Crippen LogP contribution in [0.15, 0.2) is 22.9 Å². The van der Waals surface area contributed by atoms with Gasteiger partial charge in [-0.05, 0) is 34.0 Å². The van der Waals surface area contributed by atoms with Crippen molar-refractivity contribution in [2.75, 3.05) is 0 Å². The maximum atomic E-state index is 5.98. The van der Waals surface area contributed by atoms with Gasteiger partial charge in [0, 0.05) is 12.2 Å². The number of halogens is 2. The molecule has 0 bridgehead atoms. The molecule has 14 heavy (non-hydrogen) atoms. The summed E-state index contributed by atoms with van der Waals surface area (Å²) < 4.78 is 0.860. The number of hydrogen-bond donors (Lipinski definition) is 1. The zero-order valence-electron chi connectivity index (χ0n) is 8.24. The Bertz CT molecular complexity index is 251. The van der Waals surface area contributed by atoms with Crippen molar-refractivity contribution in [2.24, 2.45) is 5.73 Å². The number of unbranched alkanes of at least 4 members (excludes halogenated alkanes) is 1. The number of nitrogens with zero attached hydrogens (tertiary/aromatic N) is 1. The fourth-order valence-corrected chi connectivity index (χ4v) is 1.43. The molecule has 0 spiro atoms.